The van der Waals surface area contributed by atoms with Crippen LogP contribution in [0.3, 0.4) is 0 Å². The van der Waals surface area contributed by atoms with Gasteiger partial charge in [-0.05, 0) is 55.7 Å². The third-order valence-electron chi connectivity index (χ3n) is 5.63. The number of anilines is 1. The second kappa shape index (κ2) is 7.19. The fraction of sp³-hybridized carbons (Fsp3) is 0.333. The minimum Gasteiger partial charge on any atom is -0.312 e. The number of carbonyl (C=O) groups is 1. The van der Waals surface area contributed by atoms with Gasteiger partial charge in [0.25, 0.3) is 0 Å². The van der Waals surface area contributed by atoms with E-state index in [1.807, 2.05) is 24.3 Å². The zero-order valence-corrected chi connectivity index (χ0v) is 17.5. The maximum absolute atomic E-state index is 13.4. The molecule has 3 aromatic rings. The van der Waals surface area contributed by atoms with Crippen LogP contribution in [0.1, 0.15) is 36.7 Å². The molecule has 6 nitrogen and oxygen atoms in total. The molecule has 5 rings (SSSR count). The molecule has 1 unspecified atom stereocenters. The van der Waals surface area contributed by atoms with Crippen molar-refractivity contribution in [3.63, 3.8) is 0 Å². The lowest BCUT2D eigenvalue weighted by atomic mass is 10.2. The van der Waals surface area contributed by atoms with E-state index in [1.54, 1.807) is 44.8 Å². The molecular formula is C21H21N3O3S2. The number of aromatic nitrogens is 1. The Bertz CT molecular complexity index is 1140. The third-order valence-corrected chi connectivity index (χ3v) is 8.69. The van der Waals surface area contributed by atoms with E-state index >= 15 is 0 Å². The molecule has 0 bridgehead atoms. The number of rotatable bonds is 4. The van der Waals surface area contributed by atoms with E-state index in [-0.39, 0.29) is 16.8 Å². The van der Waals surface area contributed by atoms with Crippen molar-refractivity contribution in [2.75, 3.05) is 18.0 Å². The number of nitrogens with zero attached hydrogens (tertiary/aromatic N) is 3. The van der Waals surface area contributed by atoms with Crippen molar-refractivity contribution < 1.29 is 13.2 Å². The predicted octanol–water partition coefficient (Wildman–Crippen LogP) is 3.95. The number of amides is 1. The van der Waals surface area contributed by atoms with Crippen LogP contribution in [0.4, 0.5) is 5.69 Å². The number of benzene rings is 2. The molecule has 0 N–H and O–H groups in total. The summed E-state index contributed by atoms with van der Waals surface area (Å²) in [6.45, 7) is 1.19. The number of sulfonamides is 1. The Kier molecular flexibility index (Phi) is 4.64. The maximum Gasteiger partial charge on any atom is 0.243 e. The molecule has 3 heterocycles. The monoisotopic (exact) mass is 427 g/mol. The molecule has 2 aliphatic heterocycles. The van der Waals surface area contributed by atoms with Crippen LogP contribution in [0.2, 0.25) is 0 Å². The molecule has 8 heteroatoms. The highest BCUT2D eigenvalue weighted by Crippen LogP contribution is 2.39. The zero-order chi connectivity index (χ0) is 20.0. The average molecular weight is 428 g/mol. The van der Waals surface area contributed by atoms with E-state index in [0.717, 1.165) is 40.2 Å². The highest BCUT2D eigenvalue weighted by atomic mass is 32.2. The molecular weight excluding hydrogens is 406 g/mol. The van der Waals surface area contributed by atoms with Crippen LogP contribution in [0.15, 0.2) is 53.4 Å². The number of carbonyl (C=O) groups excluding carboxylic acids is 1. The van der Waals surface area contributed by atoms with Crippen molar-refractivity contribution in [3.8, 4) is 0 Å². The second-order valence-corrected chi connectivity index (χ2v) is 10.4. The van der Waals surface area contributed by atoms with Crippen molar-refractivity contribution in [1.29, 1.82) is 0 Å². The highest BCUT2D eigenvalue weighted by molar-refractivity contribution is 7.89. The van der Waals surface area contributed by atoms with Gasteiger partial charge >= 0.3 is 0 Å². The van der Waals surface area contributed by atoms with Gasteiger partial charge in [0.15, 0.2) is 0 Å². The van der Waals surface area contributed by atoms with Gasteiger partial charge in [-0.25, -0.2) is 13.4 Å². The number of hydrogen-bond donors (Lipinski definition) is 0. The van der Waals surface area contributed by atoms with Gasteiger partial charge in [-0.1, -0.05) is 12.1 Å². The number of thiazole rings is 1. The lowest BCUT2D eigenvalue weighted by Gasteiger charge is -2.23. The lowest BCUT2D eigenvalue weighted by Crippen LogP contribution is -2.30. The first-order chi connectivity index (χ1) is 14.0. The van der Waals surface area contributed by atoms with Crippen molar-refractivity contribution in [3.05, 3.63) is 53.5 Å². The fourth-order valence-electron chi connectivity index (χ4n) is 4.16. The van der Waals surface area contributed by atoms with E-state index in [0.29, 0.717) is 19.5 Å². The van der Waals surface area contributed by atoms with Crippen LogP contribution in [-0.2, 0) is 14.8 Å². The largest absolute Gasteiger partial charge is 0.312 e. The van der Waals surface area contributed by atoms with E-state index < -0.39 is 10.0 Å². The average Bonchev–Trinajstić information content (AvgIpc) is 3.46. The number of hydrogen-bond acceptors (Lipinski definition) is 5. The highest BCUT2D eigenvalue weighted by Gasteiger charge is 2.38. The van der Waals surface area contributed by atoms with Gasteiger partial charge in [0, 0.05) is 25.2 Å². The summed E-state index contributed by atoms with van der Waals surface area (Å²) < 4.78 is 29.4. The summed E-state index contributed by atoms with van der Waals surface area (Å²) in [4.78, 5) is 18.6. The fourth-order valence-corrected chi connectivity index (χ4v) is 7.00. The molecule has 2 aromatic carbocycles. The summed E-state index contributed by atoms with van der Waals surface area (Å²) in [6.07, 6.45) is 2.99. The normalized spacial score (nSPS) is 20.8. The second-order valence-electron chi connectivity index (χ2n) is 7.44. The van der Waals surface area contributed by atoms with Crippen LogP contribution in [-0.4, -0.2) is 36.7 Å². The Hall–Kier alpha value is -2.29. The van der Waals surface area contributed by atoms with Gasteiger partial charge in [0.2, 0.25) is 15.9 Å². The number of para-hydroxylation sites is 1. The van der Waals surface area contributed by atoms with Crippen LogP contribution >= 0.6 is 11.3 Å². The minimum absolute atomic E-state index is 0.0936. The minimum atomic E-state index is -3.63. The van der Waals surface area contributed by atoms with Crippen LogP contribution in [0.25, 0.3) is 10.2 Å². The van der Waals surface area contributed by atoms with Crippen LogP contribution in [0.5, 0.6) is 0 Å². The van der Waals surface area contributed by atoms with Gasteiger partial charge in [0.05, 0.1) is 21.2 Å². The summed E-state index contributed by atoms with van der Waals surface area (Å²) >= 11 is 1.57. The molecule has 2 saturated heterocycles. The van der Waals surface area contributed by atoms with E-state index in [4.69, 9.17) is 4.98 Å². The van der Waals surface area contributed by atoms with Crippen molar-refractivity contribution in [2.45, 2.75) is 36.6 Å². The standard InChI is InChI=1S/C21H21N3O3S2/c25-20-8-4-13-23(20)15-9-11-16(12-10-15)29(26,27)24-14-3-6-18(24)21-22-17-5-1-2-7-19(17)28-21/h1-2,5,7,9-12,18H,3-4,6,8,13-14H2. The maximum atomic E-state index is 13.4. The summed E-state index contributed by atoms with van der Waals surface area (Å²) in [7, 11) is -3.63. The molecule has 150 valence electrons. The Morgan fingerprint density at radius 1 is 1.00 bits per heavy atom. The molecule has 1 atom stereocenters. The Morgan fingerprint density at radius 3 is 2.52 bits per heavy atom. The molecule has 2 aliphatic rings. The molecule has 2 fully saturated rings. The topological polar surface area (TPSA) is 70.6 Å². The SMILES string of the molecule is O=C1CCCN1c1ccc(S(=O)(=O)N2CCCC2c2nc3ccccc3s2)cc1. The summed E-state index contributed by atoms with van der Waals surface area (Å²) in [5, 5.41) is 0.853. The smallest absolute Gasteiger partial charge is 0.243 e. The first-order valence-electron chi connectivity index (χ1n) is 9.82. The van der Waals surface area contributed by atoms with E-state index in [9.17, 15) is 13.2 Å². The summed E-state index contributed by atoms with van der Waals surface area (Å²) in [5.41, 5.74) is 1.67. The Morgan fingerprint density at radius 2 is 1.79 bits per heavy atom. The lowest BCUT2D eigenvalue weighted by molar-refractivity contribution is -0.117. The summed E-state index contributed by atoms with van der Waals surface area (Å²) in [6, 6.07) is 14.4. The number of fused-ring (bicyclic) bond motifs is 1. The van der Waals surface area contributed by atoms with Gasteiger partial charge in [-0.15, -0.1) is 11.3 Å². The quantitative estimate of drug-likeness (QED) is 0.632. The van der Waals surface area contributed by atoms with Gasteiger partial charge in [-0.2, -0.15) is 4.31 Å². The molecule has 0 radical (unpaired) electrons. The van der Waals surface area contributed by atoms with E-state index in [2.05, 4.69) is 0 Å². The first kappa shape index (κ1) is 18.7. The molecule has 0 spiro atoms. The van der Waals surface area contributed by atoms with Crippen molar-refractivity contribution in [1.82, 2.24) is 9.29 Å². The Balaban J connectivity index is 1.44. The molecule has 1 amide bonds. The van der Waals surface area contributed by atoms with Crippen molar-refractivity contribution in [2.24, 2.45) is 0 Å². The molecule has 1 aromatic heterocycles. The third kappa shape index (κ3) is 3.25. The molecule has 0 aliphatic carbocycles. The van der Waals surface area contributed by atoms with Gasteiger partial charge < -0.3 is 4.90 Å². The zero-order valence-electron chi connectivity index (χ0n) is 15.8. The summed E-state index contributed by atoms with van der Waals surface area (Å²) in [5.74, 6) is 0.0936. The predicted molar refractivity (Wildman–Crippen MR) is 114 cm³/mol. The first-order valence-corrected chi connectivity index (χ1v) is 12.1. The Labute approximate surface area is 173 Å². The van der Waals surface area contributed by atoms with Crippen molar-refractivity contribution >= 4 is 43.2 Å². The molecule has 0 saturated carbocycles. The van der Waals surface area contributed by atoms with Crippen LogP contribution in [0, 0.1) is 0 Å². The van der Waals surface area contributed by atoms with Gasteiger partial charge in [0.1, 0.15) is 5.01 Å². The van der Waals surface area contributed by atoms with E-state index in [1.165, 1.54) is 0 Å². The van der Waals surface area contributed by atoms with Gasteiger partial charge in [-0.3, -0.25) is 4.79 Å². The van der Waals surface area contributed by atoms with Crippen LogP contribution < -0.4 is 4.90 Å². The molecule has 29 heavy (non-hydrogen) atoms.